The summed E-state index contributed by atoms with van der Waals surface area (Å²) in [4.78, 5) is 68.2. The van der Waals surface area contributed by atoms with Crippen LogP contribution in [0.25, 0.3) is 0 Å². The molecule has 5 atom stereocenters. The fourth-order valence-corrected chi connectivity index (χ4v) is 5.23. The lowest BCUT2D eigenvalue weighted by atomic mass is 9.98. The molecule has 0 unspecified atom stereocenters. The van der Waals surface area contributed by atoms with E-state index in [0.29, 0.717) is 25.7 Å². The summed E-state index contributed by atoms with van der Waals surface area (Å²) >= 11 is 0. The Morgan fingerprint density at radius 1 is 0.442 bits per heavy atom. The Morgan fingerprint density at radius 3 is 0.977 bits per heavy atom. The van der Waals surface area contributed by atoms with Crippen molar-refractivity contribution in [2.24, 2.45) is 23.7 Å². The molecule has 0 bridgehead atoms. The van der Waals surface area contributed by atoms with Crippen LogP contribution in [0.15, 0.2) is 30.3 Å². The molecule has 1 saturated heterocycles. The summed E-state index contributed by atoms with van der Waals surface area (Å²) < 4.78 is 0. The molecule has 5 N–H and O–H groups in total. The monoisotopic (exact) mass is 599 g/mol. The second-order valence-corrected chi connectivity index (χ2v) is 13.5. The second kappa shape index (κ2) is 17.0. The van der Waals surface area contributed by atoms with Crippen molar-refractivity contribution in [3.05, 3.63) is 35.9 Å². The van der Waals surface area contributed by atoms with Gasteiger partial charge in [-0.15, -0.1) is 0 Å². The first kappa shape index (κ1) is 35.8. The minimum atomic E-state index is -0.994. The Hall–Kier alpha value is -3.43. The number of carbonyl (C=O) groups excluding carboxylic acids is 5. The van der Waals surface area contributed by atoms with Crippen molar-refractivity contribution in [1.29, 1.82) is 0 Å². The summed E-state index contributed by atoms with van der Waals surface area (Å²) in [5.41, 5.74) is 0.832. The second-order valence-electron chi connectivity index (χ2n) is 13.5. The van der Waals surface area contributed by atoms with E-state index in [4.69, 9.17) is 0 Å². The number of benzene rings is 1. The van der Waals surface area contributed by atoms with E-state index in [1.54, 1.807) is 0 Å². The van der Waals surface area contributed by atoms with Gasteiger partial charge < -0.3 is 26.6 Å². The first-order valence-corrected chi connectivity index (χ1v) is 15.7. The molecule has 1 aliphatic heterocycles. The van der Waals surface area contributed by atoms with Gasteiger partial charge in [0, 0.05) is 6.42 Å². The van der Waals surface area contributed by atoms with Crippen LogP contribution in [-0.2, 0) is 30.4 Å². The van der Waals surface area contributed by atoms with Crippen LogP contribution in [0.2, 0.25) is 0 Å². The van der Waals surface area contributed by atoms with Gasteiger partial charge >= 0.3 is 0 Å². The summed E-state index contributed by atoms with van der Waals surface area (Å²) in [5, 5.41) is 14.3. The van der Waals surface area contributed by atoms with E-state index < -0.39 is 59.7 Å². The highest BCUT2D eigenvalue weighted by Gasteiger charge is 2.35. The van der Waals surface area contributed by atoms with Gasteiger partial charge in [-0.3, -0.25) is 24.0 Å². The lowest BCUT2D eigenvalue weighted by molar-refractivity contribution is -0.134. The largest absolute Gasteiger partial charge is 0.343 e. The highest BCUT2D eigenvalue weighted by molar-refractivity contribution is 5.98. The maximum atomic E-state index is 13.8. The van der Waals surface area contributed by atoms with E-state index in [2.05, 4.69) is 26.6 Å². The quantitative estimate of drug-likeness (QED) is 0.281. The van der Waals surface area contributed by atoms with Gasteiger partial charge in [0.25, 0.3) is 0 Å². The van der Waals surface area contributed by atoms with Crippen LogP contribution in [-0.4, -0.2) is 59.7 Å². The van der Waals surface area contributed by atoms with E-state index in [1.807, 2.05) is 85.7 Å². The van der Waals surface area contributed by atoms with Crippen molar-refractivity contribution >= 4 is 29.5 Å². The lowest BCUT2D eigenvalue weighted by Crippen LogP contribution is -2.58. The normalized spacial score (nSPS) is 24.7. The van der Waals surface area contributed by atoms with Crippen LogP contribution < -0.4 is 26.6 Å². The first-order chi connectivity index (χ1) is 20.2. The zero-order valence-corrected chi connectivity index (χ0v) is 27.2. The first-order valence-electron chi connectivity index (χ1n) is 15.7. The van der Waals surface area contributed by atoms with E-state index in [0.717, 1.165) is 5.56 Å². The predicted molar refractivity (Wildman–Crippen MR) is 168 cm³/mol. The number of amides is 5. The van der Waals surface area contributed by atoms with Crippen LogP contribution in [0.4, 0.5) is 0 Å². The molecule has 0 saturated carbocycles. The molecule has 1 aliphatic rings. The fraction of sp³-hybridized carbons (Fsp3) is 0.667. The number of nitrogens with one attached hydrogen (secondary N) is 5. The van der Waals surface area contributed by atoms with E-state index in [1.165, 1.54) is 0 Å². The molecule has 1 heterocycles. The van der Waals surface area contributed by atoms with E-state index in [-0.39, 0.29) is 30.1 Å². The van der Waals surface area contributed by atoms with Gasteiger partial charge in [-0.2, -0.15) is 0 Å². The molecule has 1 aromatic carbocycles. The minimum Gasteiger partial charge on any atom is -0.343 e. The standard InChI is InChI=1S/C33H53N5O5/c1-19(2)14-24-29(39)34-25(15-20(3)4)30(40)36-27(17-22(7)8)32(42)38-28(18-23-12-10-9-11-13-23)33(43)37-26(16-21(5)6)31(41)35-24/h9-13,19-22,24-28H,14-18H2,1-8H3,(H,34,39)(H,35,41)(H,36,40)(H,37,43)(H,38,42)/t24-,25+,26-,27-,28-/m0/s1. The minimum absolute atomic E-state index is 0.0605. The summed E-state index contributed by atoms with van der Waals surface area (Å²) in [6.07, 6.45) is 1.57. The van der Waals surface area contributed by atoms with Gasteiger partial charge in [-0.1, -0.05) is 85.7 Å². The molecule has 0 aromatic heterocycles. The molecule has 10 nitrogen and oxygen atoms in total. The van der Waals surface area contributed by atoms with E-state index >= 15 is 0 Å². The Bertz CT molecular complexity index is 1070. The van der Waals surface area contributed by atoms with Crippen molar-refractivity contribution in [3.63, 3.8) is 0 Å². The van der Waals surface area contributed by atoms with Crippen molar-refractivity contribution in [2.45, 2.75) is 118 Å². The maximum Gasteiger partial charge on any atom is 0.243 e. The van der Waals surface area contributed by atoms with Crippen molar-refractivity contribution in [2.75, 3.05) is 0 Å². The van der Waals surface area contributed by atoms with Gasteiger partial charge in [-0.05, 0) is 54.9 Å². The van der Waals surface area contributed by atoms with Gasteiger partial charge in [0.05, 0.1) is 0 Å². The molecule has 0 aliphatic carbocycles. The van der Waals surface area contributed by atoms with Crippen LogP contribution in [0.1, 0.15) is 86.6 Å². The predicted octanol–water partition coefficient (Wildman–Crippen LogP) is 2.85. The number of hydrogen-bond acceptors (Lipinski definition) is 5. The molecule has 240 valence electrons. The summed E-state index contributed by atoms with van der Waals surface area (Å²) in [6, 6.07) is 4.66. The smallest absolute Gasteiger partial charge is 0.243 e. The number of hydrogen-bond donors (Lipinski definition) is 5. The molecular formula is C33H53N5O5. The Labute approximate surface area is 257 Å². The lowest BCUT2D eigenvalue weighted by Gasteiger charge is -2.27. The highest BCUT2D eigenvalue weighted by atomic mass is 16.2. The van der Waals surface area contributed by atoms with Crippen molar-refractivity contribution < 1.29 is 24.0 Å². The number of carbonyl (C=O) groups is 5. The average Bonchev–Trinajstić information content (AvgIpc) is 2.90. The zero-order valence-electron chi connectivity index (χ0n) is 27.2. The third-order valence-corrected chi connectivity index (χ3v) is 7.28. The molecule has 43 heavy (non-hydrogen) atoms. The van der Waals surface area contributed by atoms with Gasteiger partial charge in [0.1, 0.15) is 30.2 Å². The van der Waals surface area contributed by atoms with Crippen molar-refractivity contribution in [1.82, 2.24) is 26.6 Å². The SMILES string of the molecule is CC(C)C[C@@H]1NC(=O)[C@H](Cc2ccccc2)NC(=O)[C@H](CC(C)C)NC(=O)[C@@H](CC(C)C)NC(=O)[C@H](CC(C)C)NC1=O. The molecule has 0 radical (unpaired) electrons. The molecule has 10 heteroatoms. The molecule has 2 rings (SSSR count). The van der Waals surface area contributed by atoms with E-state index in [9.17, 15) is 24.0 Å². The highest BCUT2D eigenvalue weighted by Crippen LogP contribution is 2.14. The Morgan fingerprint density at radius 2 is 0.698 bits per heavy atom. The molecule has 1 aromatic rings. The third-order valence-electron chi connectivity index (χ3n) is 7.28. The third kappa shape index (κ3) is 12.4. The summed E-state index contributed by atoms with van der Waals surface area (Å²) in [6.45, 7) is 15.6. The molecule has 1 fully saturated rings. The van der Waals surface area contributed by atoms with Gasteiger partial charge in [0.15, 0.2) is 0 Å². The molecular weight excluding hydrogens is 546 g/mol. The topological polar surface area (TPSA) is 146 Å². The Balaban J connectivity index is 2.60. The number of rotatable bonds is 10. The average molecular weight is 600 g/mol. The van der Waals surface area contributed by atoms with Crippen LogP contribution in [0.5, 0.6) is 0 Å². The summed E-state index contributed by atoms with van der Waals surface area (Å²) in [5.74, 6) is -2.17. The van der Waals surface area contributed by atoms with Crippen LogP contribution in [0, 0.1) is 23.7 Å². The molecule has 0 spiro atoms. The fourth-order valence-electron chi connectivity index (χ4n) is 5.23. The van der Waals surface area contributed by atoms with Gasteiger partial charge in [-0.25, -0.2) is 0 Å². The zero-order chi connectivity index (χ0) is 32.3. The maximum absolute atomic E-state index is 13.8. The van der Waals surface area contributed by atoms with Gasteiger partial charge in [0.2, 0.25) is 29.5 Å². The Kier molecular flexibility index (Phi) is 14.1. The molecule has 5 amide bonds. The van der Waals surface area contributed by atoms with Crippen LogP contribution >= 0.6 is 0 Å². The van der Waals surface area contributed by atoms with Crippen LogP contribution in [0.3, 0.4) is 0 Å². The van der Waals surface area contributed by atoms with Crippen molar-refractivity contribution in [3.8, 4) is 0 Å². The summed E-state index contributed by atoms with van der Waals surface area (Å²) in [7, 11) is 0.